The van der Waals surface area contributed by atoms with E-state index in [-0.39, 0.29) is 30.9 Å². The average molecular weight is 426 g/mol. The van der Waals surface area contributed by atoms with Crippen molar-refractivity contribution in [3.05, 3.63) is 101 Å². The Balaban J connectivity index is 1.54. The molecular weight excluding hydrogens is 405 g/mol. The average Bonchev–Trinajstić information content (AvgIpc) is 2.76. The Morgan fingerprint density at radius 2 is 1.43 bits per heavy atom. The van der Waals surface area contributed by atoms with E-state index in [0.717, 1.165) is 11.1 Å². The predicted octanol–water partition coefficient (Wildman–Crippen LogP) is 3.91. The Labute approximate surface area is 179 Å². The first kappa shape index (κ1) is 21.5. The van der Waals surface area contributed by atoms with Gasteiger partial charge in [0, 0.05) is 10.7 Å². The summed E-state index contributed by atoms with van der Waals surface area (Å²) in [5, 5.41) is 9.02. The molecule has 0 aliphatic carbocycles. The number of rotatable bonds is 8. The fourth-order valence-corrected chi connectivity index (χ4v) is 3.03. The minimum absolute atomic E-state index is 0.0199. The number of hydrogen-bond acceptors (Lipinski definition) is 3. The number of nitrogens with one attached hydrogen (secondary N) is 3. The van der Waals surface area contributed by atoms with Crippen LogP contribution in [0.5, 0.6) is 0 Å². The number of halogens is 2. The smallest absolute Gasteiger partial charge is 0.243 e. The summed E-state index contributed by atoms with van der Waals surface area (Å²) in [6.45, 7) is -0.166. The maximum Gasteiger partial charge on any atom is 0.243 e. The summed E-state index contributed by atoms with van der Waals surface area (Å²) in [7, 11) is 0. The van der Waals surface area contributed by atoms with Gasteiger partial charge in [-0.2, -0.15) is 0 Å². The SMILES string of the molecule is O=C(CN[C@@H](c1ccccc1)c1ccc(Cl)cc1)NCC(=O)Nc1ccc(F)cc1. The van der Waals surface area contributed by atoms with Crippen LogP contribution in [0, 0.1) is 5.82 Å². The van der Waals surface area contributed by atoms with E-state index in [1.807, 2.05) is 42.5 Å². The highest BCUT2D eigenvalue weighted by Gasteiger charge is 2.15. The van der Waals surface area contributed by atoms with Crippen molar-refractivity contribution >= 4 is 29.1 Å². The van der Waals surface area contributed by atoms with Crippen molar-refractivity contribution in [3.8, 4) is 0 Å². The molecule has 154 valence electrons. The zero-order chi connectivity index (χ0) is 21.3. The Morgan fingerprint density at radius 1 is 0.800 bits per heavy atom. The van der Waals surface area contributed by atoms with E-state index < -0.39 is 5.91 Å². The number of benzene rings is 3. The van der Waals surface area contributed by atoms with Gasteiger partial charge in [-0.1, -0.05) is 54.1 Å². The molecule has 0 aliphatic heterocycles. The number of carbonyl (C=O) groups excluding carboxylic acids is 2. The highest BCUT2D eigenvalue weighted by atomic mass is 35.5. The van der Waals surface area contributed by atoms with Gasteiger partial charge in [0.05, 0.1) is 19.1 Å². The van der Waals surface area contributed by atoms with Gasteiger partial charge in [-0.15, -0.1) is 0 Å². The number of carbonyl (C=O) groups is 2. The molecule has 0 unspecified atom stereocenters. The van der Waals surface area contributed by atoms with Crippen LogP contribution in [0.1, 0.15) is 17.2 Å². The molecule has 0 spiro atoms. The van der Waals surface area contributed by atoms with Crippen LogP contribution in [0.3, 0.4) is 0 Å². The molecule has 3 aromatic carbocycles. The molecule has 2 amide bonds. The first-order chi connectivity index (χ1) is 14.5. The van der Waals surface area contributed by atoms with Crippen LogP contribution >= 0.6 is 11.6 Å². The molecule has 7 heteroatoms. The molecule has 0 aromatic heterocycles. The van der Waals surface area contributed by atoms with E-state index >= 15 is 0 Å². The van der Waals surface area contributed by atoms with Gasteiger partial charge in [-0.25, -0.2) is 4.39 Å². The molecule has 0 aliphatic rings. The monoisotopic (exact) mass is 425 g/mol. The first-order valence-corrected chi connectivity index (χ1v) is 9.75. The van der Waals surface area contributed by atoms with E-state index in [0.29, 0.717) is 10.7 Å². The third kappa shape index (κ3) is 6.40. The molecule has 1 atom stereocenters. The zero-order valence-electron chi connectivity index (χ0n) is 16.1. The van der Waals surface area contributed by atoms with Crippen molar-refractivity contribution in [2.24, 2.45) is 0 Å². The van der Waals surface area contributed by atoms with Crippen molar-refractivity contribution in [2.45, 2.75) is 6.04 Å². The lowest BCUT2D eigenvalue weighted by molar-refractivity contribution is -0.123. The van der Waals surface area contributed by atoms with Gasteiger partial charge in [0.15, 0.2) is 0 Å². The number of anilines is 1. The third-order valence-corrected chi connectivity index (χ3v) is 4.63. The van der Waals surface area contributed by atoms with Crippen LogP contribution in [0.4, 0.5) is 10.1 Å². The van der Waals surface area contributed by atoms with Crippen LogP contribution in [-0.2, 0) is 9.59 Å². The molecule has 0 heterocycles. The molecular formula is C23H21ClFN3O2. The van der Waals surface area contributed by atoms with Crippen LogP contribution in [0.15, 0.2) is 78.9 Å². The molecule has 5 nitrogen and oxygen atoms in total. The van der Waals surface area contributed by atoms with Crippen LogP contribution in [0.2, 0.25) is 5.02 Å². The predicted molar refractivity (Wildman–Crippen MR) is 116 cm³/mol. The van der Waals surface area contributed by atoms with Crippen molar-refractivity contribution in [1.82, 2.24) is 10.6 Å². The largest absolute Gasteiger partial charge is 0.346 e. The minimum atomic E-state index is -0.396. The minimum Gasteiger partial charge on any atom is -0.346 e. The van der Waals surface area contributed by atoms with Gasteiger partial charge < -0.3 is 10.6 Å². The first-order valence-electron chi connectivity index (χ1n) is 9.37. The van der Waals surface area contributed by atoms with E-state index in [4.69, 9.17) is 11.6 Å². The maximum absolute atomic E-state index is 12.9. The molecule has 0 bridgehead atoms. The molecule has 3 aromatic rings. The van der Waals surface area contributed by atoms with Crippen molar-refractivity contribution in [2.75, 3.05) is 18.4 Å². The molecule has 3 rings (SSSR count). The van der Waals surface area contributed by atoms with Gasteiger partial charge >= 0.3 is 0 Å². The quantitative estimate of drug-likeness (QED) is 0.512. The number of hydrogen-bond donors (Lipinski definition) is 3. The van der Waals surface area contributed by atoms with Gasteiger partial charge in [-0.3, -0.25) is 14.9 Å². The second-order valence-corrected chi connectivity index (χ2v) is 7.04. The van der Waals surface area contributed by atoms with Crippen molar-refractivity contribution in [3.63, 3.8) is 0 Å². The van der Waals surface area contributed by atoms with E-state index in [1.165, 1.54) is 24.3 Å². The normalized spacial score (nSPS) is 11.5. The van der Waals surface area contributed by atoms with Crippen LogP contribution in [0.25, 0.3) is 0 Å². The molecule has 0 radical (unpaired) electrons. The summed E-state index contributed by atoms with van der Waals surface area (Å²) in [4.78, 5) is 24.2. The summed E-state index contributed by atoms with van der Waals surface area (Å²) in [6.07, 6.45) is 0. The highest BCUT2D eigenvalue weighted by Crippen LogP contribution is 2.23. The summed E-state index contributed by atoms with van der Waals surface area (Å²) in [6, 6.07) is 22.3. The Bertz CT molecular complexity index is 980. The molecule has 30 heavy (non-hydrogen) atoms. The van der Waals surface area contributed by atoms with Gasteiger partial charge in [0.1, 0.15) is 5.82 Å². The van der Waals surface area contributed by atoms with Crippen LogP contribution < -0.4 is 16.0 Å². The second kappa shape index (κ2) is 10.5. The van der Waals surface area contributed by atoms with E-state index in [1.54, 1.807) is 12.1 Å². The topological polar surface area (TPSA) is 70.2 Å². The fraction of sp³-hybridized carbons (Fsp3) is 0.130. The lowest BCUT2D eigenvalue weighted by atomic mass is 9.99. The van der Waals surface area contributed by atoms with E-state index in [2.05, 4.69) is 16.0 Å². The fourth-order valence-electron chi connectivity index (χ4n) is 2.90. The summed E-state index contributed by atoms with van der Waals surface area (Å²) in [5.74, 6) is -1.10. The van der Waals surface area contributed by atoms with Gasteiger partial charge in [-0.05, 0) is 47.5 Å². The van der Waals surface area contributed by atoms with Gasteiger partial charge in [0.2, 0.25) is 11.8 Å². The van der Waals surface area contributed by atoms with Crippen LogP contribution in [-0.4, -0.2) is 24.9 Å². The third-order valence-electron chi connectivity index (χ3n) is 4.38. The lowest BCUT2D eigenvalue weighted by Crippen LogP contribution is -2.39. The Morgan fingerprint density at radius 3 is 2.10 bits per heavy atom. The van der Waals surface area contributed by atoms with Crippen molar-refractivity contribution in [1.29, 1.82) is 0 Å². The summed E-state index contributed by atoms with van der Waals surface area (Å²) in [5.41, 5.74) is 2.43. The number of amides is 2. The van der Waals surface area contributed by atoms with Crippen molar-refractivity contribution < 1.29 is 14.0 Å². The zero-order valence-corrected chi connectivity index (χ0v) is 16.8. The lowest BCUT2D eigenvalue weighted by Gasteiger charge is -2.20. The maximum atomic E-state index is 12.9. The highest BCUT2D eigenvalue weighted by molar-refractivity contribution is 6.30. The standard InChI is InChI=1S/C23H21ClFN3O2/c24-18-8-6-17(7-9-18)23(16-4-2-1-3-5-16)27-14-21(29)26-15-22(30)28-20-12-10-19(25)11-13-20/h1-13,23,27H,14-15H2,(H,26,29)(H,28,30)/t23-/m0/s1. The van der Waals surface area contributed by atoms with Gasteiger partial charge in [0.25, 0.3) is 0 Å². The summed E-state index contributed by atoms with van der Waals surface area (Å²) >= 11 is 5.99. The Kier molecular flexibility index (Phi) is 7.54. The molecule has 0 saturated heterocycles. The Hall–Kier alpha value is -3.22. The van der Waals surface area contributed by atoms with E-state index in [9.17, 15) is 14.0 Å². The molecule has 3 N–H and O–H groups in total. The molecule has 0 saturated carbocycles. The second-order valence-electron chi connectivity index (χ2n) is 6.61. The summed E-state index contributed by atoms with van der Waals surface area (Å²) < 4.78 is 12.9. The molecule has 0 fully saturated rings.